The smallest absolute Gasteiger partial charge is 0.229 e. The molecule has 1 aliphatic carbocycles. The molecule has 10 nitrogen and oxygen atoms in total. The number of allylic oxidation sites excluding steroid dienone is 1. The van der Waals surface area contributed by atoms with Crippen LogP contribution >= 0.6 is 0 Å². The second kappa shape index (κ2) is 5.56. The molecule has 0 aromatic carbocycles. The van der Waals surface area contributed by atoms with Gasteiger partial charge in [0.2, 0.25) is 5.78 Å². The fourth-order valence-electron chi connectivity index (χ4n) is 7.74. The van der Waals surface area contributed by atoms with Crippen molar-refractivity contribution in [3.05, 3.63) is 22.6 Å². The number of methoxy groups -OCH3 is 1. The number of hydrogen-bond acceptors (Lipinski definition) is 10. The van der Waals surface area contributed by atoms with Gasteiger partial charge in [0.05, 0.1) is 43.1 Å². The lowest BCUT2D eigenvalue weighted by Crippen LogP contribution is -2.81. The van der Waals surface area contributed by atoms with E-state index < -0.39 is 35.7 Å². The molecule has 166 valence electrons. The van der Waals surface area contributed by atoms with Gasteiger partial charge in [-0.15, -0.1) is 0 Å². The van der Waals surface area contributed by atoms with Crippen LogP contribution in [0.3, 0.4) is 0 Å². The monoisotopic (exact) mass is 431 g/mol. The molecule has 0 radical (unpaired) electrons. The Morgan fingerprint density at radius 2 is 2.00 bits per heavy atom. The third-order valence-corrected chi connectivity index (χ3v) is 8.74. The van der Waals surface area contributed by atoms with E-state index in [1.165, 1.54) is 14.0 Å². The van der Waals surface area contributed by atoms with E-state index in [0.717, 1.165) is 6.42 Å². The quantitative estimate of drug-likeness (QED) is 0.491. The molecular weight excluding hydrogens is 406 g/mol. The highest BCUT2D eigenvalue weighted by atomic mass is 16.6. The van der Waals surface area contributed by atoms with Gasteiger partial charge in [-0.2, -0.15) is 0 Å². The highest BCUT2D eigenvalue weighted by molar-refractivity contribution is 6.24. The molecule has 5 saturated heterocycles. The molecule has 10 heteroatoms. The molecule has 0 spiro atoms. The number of carbonyl (C=O) groups is 2. The Balaban J connectivity index is 1.56. The van der Waals surface area contributed by atoms with Crippen molar-refractivity contribution in [3.63, 3.8) is 0 Å². The minimum atomic E-state index is -2.11. The van der Waals surface area contributed by atoms with Crippen LogP contribution in [0.25, 0.3) is 0 Å². The largest absolute Gasteiger partial charge is 0.492 e. The molecule has 9 atom stereocenters. The summed E-state index contributed by atoms with van der Waals surface area (Å²) in [5.41, 5.74) is -1.89. The maximum Gasteiger partial charge on any atom is 0.229 e. The topological polar surface area (TPSA) is 112 Å². The molecular formula is C21H25N3O7. The van der Waals surface area contributed by atoms with Crippen molar-refractivity contribution in [1.29, 1.82) is 0 Å². The van der Waals surface area contributed by atoms with Crippen molar-refractivity contribution in [2.75, 3.05) is 27.3 Å². The van der Waals surface area contributed by atoms with Crippen LogP contribution in [0.2, 0.25) is 0 Å². The molecule has 7 rings (SSSR count). The Bertz CT molecular complexity index is 1010. The molecule has 6 unspecified atom stereocenters. The fourth-order valence-corrected chi connectivity index (χ4v) is 7.74. The Kier molecular flexibility index (Phi) is 3.36. The third-order valence-electron chi connectivity index (χ3n) is 8.74. The average Bonchev–Trinajstić information content (AvgIpc) is 3.41. The van der Waals surface area contributed by atoms with Crippen LogP contribution in [0.1, 0.15) is 13.3 Å². The number of piperidine rings is 1. The molecule has 7 aliphatic rings. The van der Waals surface area contributed by atoms with E-state index in [1.54, 1.807) is 0 Å². The molecule has 2 bridgehead atoms. The minimum Gasteiger partial charge on any atom is -0.492 e. The number of aliphatic hydroxyl groups excluding tert-OH is 1. The number of carbonyl (C=O) groups excluding carboxylic acids is 2. The first-order valence-electron chi connectivity index (χ1n) is 10.8. The van der Waals surface area contributed by atoms with Crippen LogP contribution in [0, 0.1) is 5.92 Å². The maximum absolute atomic E-state index is 13.7. The summed E-state index contributed by atoms with van der Waals surface area (Å²) in [6, 6.07) is -0.978. The number of nitrogens with zero attached hydrogens (tertiary/aromatic N) is 3. The number of rotatable bonds is 1. The molecule has 2 N–H and O–H groups in total. The van der Waals surface area contributed by atoms with Crippen LogP contribution < -0.4 is 0 Å². The number of ketones is 2. The van der Waals surface area contributed by atoms with Crippen LogP contribution in [0.4, 0.5) is 0 Å². The van der Waals surface area contributed by atoms with Crippen LogP contribution in [0.5, 0.6) is 0 Å². The van der Waals surface area contributed by atoms with E-state index in [-0.39, 0.29) is 52.9 Å². The summed E-state index contributed by atoms with van der Waals surface area (Å²) in [4.78, 5) is 33.6. The lowest BCUT2D eigenvalue weighted by atomic mass is 9.63. The van der Waals surface area contributed by atoms with Gasteiger partial charge < -0.3 is 29.3 Å². The normalized spacial score (nSPS) is 50.4. The summed E-state index contributed by atoms with van der Waals surface area (Å²) in [6.07, 6.45) is -1.25. The second-order valence-electron chi connectivity index (χ2n) is 9.69. The van der Waals surface area contributed by atoms with Gasteiger partial charge >= 0.3 is 0 Å². The van der Waals surface area contributed by atoms with Gasteiger partial charge in [-0.1, -0.05) is 0 Å². The van der Waals surface area contributed by atoms with Crippen LogP contribution in [-0.2, 0) is 23.8 Å². The molecule has 0 saturated carbocycles. The summed E-state index contributed by atoms with van der Waals surface area (Å²) >= 11 is 0. The van der Waals surface area contributed by atoms with E-state index >= 15 is 0 Å². The molecule has 0 amide bonds. The summed E-state index contributed by atoms with van der Waals surface area (Å²) in [7, 11) is 3.37. The number of aliphatic hydroxyl groups is 2. The Morgan fingerprint density at radius 3 is 2.74 bits per heavy atom. The van der Waals surface area contributed by atoms with E-state index in [9.17, 15) is 19.8 Å². The first-order chi connectivity index (χ1) is 14.8. The maximum atomic E-state index is 13.7. The van der Waals surface area contributed by atoms with Gasteiger partial charge in [0.25, 0.3) is 0 Å². The van der Waals surface area contributed by atoms with E-state index in [0.29, 0.717) is 13.2 Å². The van der Waals surface area contributed by atoms with Gasteiger partial charge in [0.15, 0.2) is 23.4 Å². The summed E-state index contributed by atoms with van der Waals surface area (Å²) in [6.45, 7) is 2.59. The number of piperazine rings is 1. The first-order valence-corrected chi connectivity index (χ1v) is 10.8. The van der Waals surface area contributed by atoms with Gasteiger partial charge in [0, 0.05) is 24.1 Å². The van der Waals surface area contributed by atoms with Crippen molar-refractivity contribution in [2.24, 2.45) is 5.92 Å². The van der Waals surface area contributed by atoms with Gasteiger partial charge in [-0.05, 0) is 20.4 Å². The average molecular weight is 431 g/mol. The number of hydrogen-bond donors (Lipinski definition) is 2. The minimum absolute atomic E-state index is 0.0103. The fraction of sp³-hybridized carbons (Fsp3) is 0.714. The number of likely N-dealkylation sites (N-methyl/N-ethyl adjacent to an activating group) is 1. The van der Waals surface area contributed by atoms with Crippen molar-refractivity contribution in [2.45, 2.75) is 61.9 Å². The zero-order valence-corrected chi connectivity index (χ0v) is 17.5. The summed E-state index contributed by atoms with van der Waals surface area (Å²) in [5.74, 6) is -1.02. The number of fused-ring (bicyclic) bond motifs is 7. The zero-order valence-electron chi connectivity index (χ0n) is 17.5. The van der Waals surface area contributed by atoms with E-state index in [2.05, 4.69) is 9.80 Å². The number of ether oxygens (including phenoxy) is 3. The van der Waals surface area contributed by atoms with Crippen LogP contribution in [-0.4, -0.2) is 112 Å². The zero-order chi connectivity index (χ0) is 21.6. The molecule has 5 fully saturated rings. The Hall–Kier alpha value is -1.82. The second-order valence-corrected chi connectivity index (χ2v) is 9.69. The van der Waals surface area contributed by atoms with Gasteiger partial charge in [-0.3, -0.25) is 19.4 Å². The molecule has 0 aromatic rings. The lowest BCUT2D eigenvalue weighted by molar-refractivity contribution is -0.197. The standard InChI is InChI=1S/C21H25N3O7/c1-7-15(29-3)14(25)10-12-20(27)31-19-9-6-8-11(22(9)2)13(24(12)19)16(21(10,28)17(7)26)23-4-5-30-18(8)23/h8-9,11,13,16,18-20,27-28H,4-6H2,1-3H3/t8-,9-,11+,13?,16?,18?,19?,20?,21?/m0/s1. The Morgan fingerprint density at radius 1 is 1.23 bits per heavy atom. The highest BCUT2D eigenvalue weighted by Gasteiger charge is 2.75. The number of Topliss-reactive ketones (excluding diaryl/α,β-unsaturated/α-hetero) is 2. The Labute approximate surface area is 178 Å². The van der Waals surface area contributed by atoms with Crippen LogP contribution in [0.15, 0.2) is 22.6 Å². The molecule has 6 aliphatic heterocycles. The van der Waals surface area contributed by atoms with Gasteiger partial charge in [-0.25, -0.2) is 0 Å². The lowest BCUT2D eigenvalue weighted by Gasteiger charge is -2.62. The van der Waals surface area contributed by atoms with Crippen molar-refractivity contribution < 1.29 is 34.0 Å². The molecule has 31 heavy (non-hydrogen) atoms. The SMILES string of the molecule is COC1=C(C)C(=O)C2(O)C(=C3C(O)OC4[C@@H]5C[C@@H]6C7OCCN7C2C([C@@H]6N5C)N34)C1=O. The highest BCUT2D eigenvalue weighted by Crippen LogP contribution is 2.59. The van der Waals surface area contributed by atoms with Gasteiger partial charge in [0.1, 0.15) is 12.5 Å². The predicted molar refractivity (Wildman–Crippen MR) is 102 cm³/mol. The summed E-state index contributed by atoms with van der Waals surface area (Å²) in [5, 5.41) is 23.1. The van der Waals surface area contributed by atoms with E-state index in [4.69, 9.17) is 14.2 Å². The van der Waals surface area contributed by atoms with Crippen molar-refractivity contribution >= 4 is 11.6 Å². The summed E-state index contributed by atoms with van der Waals surface area (Å²) < 4.78 is 17.4. The predicted octanol–water partition coefficient (Wildman–Crippen LogP) is -1.85. The van der Waals surface area contributed by atoms with Crippen molar-refractivity contribution in [1.82, 2.24) is 14.7 Å². The molecule has 6 heterocycles. The first kappa shape index (κ1) is 18.7. The molecule has 0 aromatic heterocycles. The van der Waals surface area contributed by atoms with E-state index in [1.807, 2.05) is 11.9 Å². The third kappa shape index (κ3) is 1.78. The van der Waals surface area contributed by atoms with Crippen molar-refractivity contribution in [3.8, 4) is 0 Å².